The maximum Gasteiger partial charge on any atom is 0.128 e. The molecule has 1 atom stereocenters. The average Bonchev–Trinajstić information content (AvgIpc) is 2.18. The highest BCUT2D eigenvalue weighted by Crippen LogP contribution is 2.13. The number of ether oxygens (including phenoxy) is 1. The van der Waals surface area contributed by atoms with Crippen molar-refractivity contribution >= 4 is 21.7 Å². The number of hydrogen-bond acceptors (Lipinski definition) is 4. The lowest BCUT2D eigenvalue weighted by atomic mass is 10.3. The summed E-state index contributed by atoms with van der Waals surface area (Å²) in [5.41, 5.74) is 5.85. The lowest BCUT2D eigenvalue weighted by Gasteiger charge is -2.21. The second kappa shape index (κ2) is 6.05. The van der Waals surface area contributed by atoms with Crippen LogP contribution >= 0.6 is 15.9 Å². The topological polar surface area (TPSA) is 51.4 Å². The highest BCUT2D eigenvalue weighted by Gasteiger charge is 2.07. The van der Waals surface area contributed by atoms with Gasteiger partial charge in [0, 0.05) is 37.4 Å². The monoisotopic (exact) mass is 273 g/mol. The van der Waals surface area contributed by atoms with Crippen LogP contribution in [0.4, 0.5) is 5.82 Å². The predicted octanol–water partition coefficient (Wildman–Crippen LogP) is 1.25. The van der Waals surface area contributed by atoms with E-state index in [0.29, 0.717) is 6.61 Å². The maximum absolute atomic E-state index is 5.85. The van der Waals surface area contributed by atoms with Gasteiger partial charge in [0.2, 0.25) is 0 Å². The largest absolute Gasteiger partial charge is 0.383 e. The fraction of sp³-hybridized carbons (Fsp3) is 0.500. The SMILES string of the molecule is COCC(N)CN(C)c1ccc(Br)cn1. The highest BCUT2D eigenvalue weighted by atomic mass is 79.9. The molecular formula is C10H16BrN3O. The Labute approximate surface area is 98.6 Å². The van der Waals surface area contributed by atoms with Gasteiger partial charge in [-0.1, -0.05) is 0 Å². The Bertz CT molecular complexity index is 291. The summed E-state index contributed by atoms with van der Waals surface area (Å²) in [7, 11) is 3.61. The Hall–Kier alpha value is -0.650. The summed E-state index contributed by atoms with van der Waals surface area (Å²) in [5, 5.41) is 0. The normalized spacial score (nSPS) is 12.5. The molecule has 0 fully saturated rings. The number of aromatic nitrogens is 1. The molecule has 15 heavy (non-hydrogen) atoms. The van der Waals surface area contributed by atoms with Crippen LogP contribution in [0.2, 0.25) is 0 Å². The zero-order valence-corrected chi connectivity index (χ0v) is 10.6. The van der Waals surface area contributed by atoms with Crippen molar-refractivity contribution in [2.45, 2.75) is 6.04 Å². The number of methoxy groups -OCH3 is 1. The van der Waals surface area contributed by atoms with E-state index >= 15 is 0 Å². The van der Waals surface area contributed by atoms with Gasteiger partial charge in [0.15, 0.2) is 0 Å². The smallest absolute Gasteiger partial charge is 0.128 e. The number of likely N-dealkylation sites (N-methyl/N-ethyl adjacent to an activating group) is 1. The fourth-order valence-electron chi connectivity index (χ4n) is 1.31. The molecule has 5 heteroatoms. The fourth-order valence-corrected chi connectivity index (χ4v) is 1.54. The lowest BCUT2D eigenvalue weighted by Crippen LogP contribution is -2.38. The van der Waals surface area contributed by atoms with Crippen LogP contribution in [0, 0.1) is 0 Å². The van der Waals surface area contributed by atoms with E-state index in [1.165, 1.54) is 0 Å². The zero-order valence-electron chi connectivity index (χ0n) is 8.98. The Balaban J connectivity index is 2.53. The van der Waals surface area contributed by atoms with E-state index in [9.17, 15) is 0 Å². The van der Waals surface area contributed by atoms with Gasteiger partial charge in [-0.25, -0.2) is 4.98 Å². The predicted molar refractivity (Wildman–Crippen MR) is 65.1 cm³/mol. The van der Waals surface area contributed by atoms with Gasteiger partial charge in [0.25, 0.3) is 0 Å². The number of halogens is 1. The van der Waals surface area contributed by atoms with E-state index in [4.69, 9.17) is 10.5 Å². The molecule has 4 nitrogen and oxygen atoms in total. The molecule has 0 aromatic carbocycles. The van der Waals surface area contributed by atoms with Gasteiger partial charge in [0.05, 0.1) is 6.61 Å². The molecule has 1 rings (SSSR count). The number of rotatable bonds is 5. The van der Waals surface area contributed by atoms with Crippen molar-refractivity contribution in [3.05, 3.63) is 22.8 Å². The summed E-state index contributed by atoms with van der Waals surface area (Å²) in [5.74, 6) is 0.907. The standard InChI is InChI=1S/C10H16BrN3O/c1-14(6-9(12)7-15-2)10-4-3-8(11)5-13-10/h3-5,9H,6-7,12H2,1-2H3. The molecule has 0 saturated carbocycles. The van der Waals surface area contributed by atoms with Crippen molar-refractivity contribution in [2.24, 2.45) is 5.73 Å². The van der Waals surface area contributed by atoms with E-state index in [1.807, 2.05) is 24.1 Å². The third-order valence-electron chi connectivity index (χ3n) is 1.99. The van der Waals surface area contributed by atoms with Crippen molar-refractivity contribution in [1.29, 1.82) is 0 Å². The van der Waals surface area contributed by atoms with Gasteiger partial charge >= 0.3 is 0 Å². The maximum atomic E-state index is 5.85. The van der Waals surface area contributed by atoms with Gasteiger partial charge in [0.1, 0.15) is 5.82 Å². The molecule has 1 aromatic heterocycles. The number of pyridine rings is 1. The first kappa shape index (κ1) is 12.4. The number of nitrogens with two attached hydrogens (primary N) is 1. The molecule has 1 aromatic rings. The molecule has 1 unspecified atom stereocenters. The Kier molecular flexibility index (Phi) is 5.01. The second-order valence-electron chi connectivity index (χ2n) is 3.43. The number of anilines is 1. The van der Waals surface area contributed by atoms with Crippen LogP contribution < -0.4 is 10.6 Å². The highest BCUT2D eigenvalue weighted by molar-refractivity contribution is 9.10. The third kappa shape index (κ3) is 4.15. The molecule has 0 aliphatic rings. The van der Waals surface area contributed by atoms with E-state index in [1.54, 1.807) is 13.3 Å². The molecule has 0 aliphatic carbocycles. The van der Waals surface area contributed by atoms with Crippen molar-refractivity contribution in [3.8, 4) is 0 Å². The van der Waals surface area contributed by atoms with Crippen LogP contribution in [0.25, 0.3) is 0 Å². The minimum atomic E-state index is 0.00504. The molecule has 0 amide bonds. The van der Waals surface area contributed by atoms with Gasteiger partial charge in [-0.05, 0) is 28.1 Å². The van der Waals surface area contributed by atoms with Crippen LogP contribution in [0.5, 0.6) is 0 Å². The second-order valence-corrected chi connectivity index (χ2v) is 4.35. The van der Waals surface area contributed by atoms with Gasteiger partial charge < -0.3 is 15.4 Å². The lowest BCUT2D eigenvalue weighted by molar-refractivity contribution is 0.181. The van der Waals surface area contributed by atoms with E-state index in [-0.39, 0.29) is 6.04 Å². The average molecular weight is 274 g/mol. The number of nitrogens with zero attached hydrogens (tertiary/aromatic N) is 2. The minimum Gasteiger partial charge on any atom is -0.383 e. The first-order valence-electron chi connectivity index (χ1n) is 4.70. The summed E-state index contributed by atoms with van der Waals surface area (Å²) in [4.78, 5) is 6.28. The van der Waals surface area contributed by atoms with E-state index in [0.717, 1.165) is 16.8 Å². The molecular weight excluding hydrogens is 258 g/mol. The van der Waals surface area contributed by atoms with Crippen LogP contribution in [0.15, 0.2) is 22.8 Å². The molecule has 84 valence electrons. The van der Waals surface area contributed by atoms with E-state index < -0.39 is 0 Å². The molecule has 0 bridgehead atoms. The Morgan fingerprint density at radius 3 is 2.87 bits per heavy atom. The Morgan fingerprint density at radius 2 is 2.33 bits per heavy atom. The summed E-state index contributed by atoms with van der Waals surface area (Å²) in [6.45, 7) is 1.28. The molecule has 1 heterocycles. The summed E-state index contributed by atoms with van der Waals surface area (Å²) in [6.07, 6.45) is 1.77. The van der Waals surface area contributed by atoms with Gasteiger partial charge in [-0.2, -0.15) is 0 Å². The molecule has 2 N–H and O–H groups in total. The summed E-state index contributed by atoms with van der Waals surface area (Å²) >= 11 is 3.34. The van der Waals surface area contributed by atoms with E-state index in [2.05, 4.69) is 20.9 Å². The van der Waals surface area contributed by atoms with Crippen LogP contribution in [0.3, 0.4) is 0 Å². The Morgan fingerprint density at radius 1 is 1.60 bits per heavy atom. The molecule has 0 saturated heterocycles. The van der Waals surface area contributed by atoms with Crippen molar-refractivity contribution in [2.75, 3.05) is 32.2 Å². The zero-order chi connectivity index (χ0) is 11.3. The number of hydrogen-bond donors (Lipinski definition) is 1. The molecule has 0 radical (unpaired) electrons. The molecule has 0 aliphatic heterocycles. The van der Waals surface area contributed by atoms with Gasteiger partial charge in [-0.15, -0.1) is 0 Å². The summed E-state index contributed by atoms with van der Waals surface area (Å²) < 4.78 is 5.95. The van der Waals surface area contributed by atoms with Crippen molar-refractivity contribution in [1.82, 2.24) is 4.98 Å². The van der Waals surface area contributed by atoms with Crippen molar-refractivity contribution < 1.29 is 4.74 Å². The first-order chi connectivity index (χ1) is 7.13. The van der Waals surface area contributed by atoms with Crippen molar-refractivity contribution in [3.63, 3.8) is 0 Å². The van der Waals surface area contributed by atoms with Crippen LogP contribution in [-0.2, 0) is 4.74 Å². The van der Waals surface area contributed by atoms with Gasteiger partial charge in [-0.3, -0.25) is 0 Å². The minimum absolute atomic E-state index is 0.00504. The first-order valence-corrected chi connectivity index (χ1v) is 5.50. The third-order valence-corrected chi connectivity index (χ3v) is 2.46. The quantitative estimate of drug-likeness (QED) is 0.878. The van der Waals surface area contributed by atoms with Crippen LogP contribution in [0.1, 0.15) is 0 Å². The van der Waals surface area contributed by atoms with Crippen LogP contribution in [-0.4, -0.2) is 38.3 Å². The molecule has 0 spiro atoms. The summed E-state index contributed by atoms with van der Waals surface area (Å²) in [6, 6.07) is 3.91.